The van der Waals surface area contributed by atoms with Crippen molar-refractivity contribution >= 4 is 25.6 Å². The van der Waals surface area contributed by atoms with Crippen LogP contribution in [0.25, 0.3) is 0 Å². The van der Waals surface area contributed by atoms with Gasteiger partial charge in [-0.15, -0.1) is 0 Å². The molecule has 0 fully saturated rings. The number of methoxy groups -OCH3 is 2. The third kappa shape index (κ3) is 6.19. The first-order valence-electron chi connectivity index (χ1n) is 6.37. The molecule has 0 saturated heterocycles. The van der Waals surface area contributed by atoms with Gasteiger partial charge in [-0.05, 0) is 0 Å². The minimum atomic E-state index is -0.532. The van der Waals surface area contributed by atoms with Crippen LogP contribution in [0.4, 0.5) is 0 Å². The second kappa shape index (κ2) is 7.48. The predicted molar refractivity (Wildman–Crippen MR) is 80.3 cm³/mol. The maximum absolute atomic E-state index is 12.2. The van der Waals surface area contributed by atoms with Crippen molar-refractivity contribution in [2.75, 3.05) is 14.2 Å². The molecule has 0 N–H and O–H groups in total. The number of carbonyl (C=O) groups is 2. The summed E-state index contributed by atoms with van der Waals surface area (Å²) in [5.74, 6) is 0.738. The summed E-state index contributed by atoms with van der Waals surface area (Å²) in [6.45, 7) is 5.39. The standard InChI is InChI=1S/C15H20O5Se/c1-15(2,3)20-13(16)9-21-14(17)10-6-11(18-4)8-12(7-10)19-5/h6-8H,9H2,1-5H3. The van der Waals surface area contributed by atoms with E-state index in [1.54, 1.807) is 39.0 Å². The van der Waals surface area contributed by atoms with Gasteiger partial charge in [-0.2, -0.15) is 0 Å². The topological polar surface area (TPSA) is 61.8 Å². The molecule has 21 heavy (non-hydrogen) atoms. The molecule has 0 bridgehead atoms. The molecular formula is C15H20O5Se. The van der Waals surface area contributed by atoms with Crippen LogP contribution < -0.4 is 9.47 Å². The van der Waals surface area contributed by atoms with Gasteiger partial charge in [0.05, 0.1) is 0 Å². The van der Waals surface area contributed by atoms with Crippen molar-refractivity contribution < 1.29 is 23.8 Å². The average molecular weight is 359 g/mol. The van der Waals surface area contributed by atoms with Crippen LogP contribution in [0.5, 0.6) is 11.5 Å². The van der Waals surface area contributed by atoms with Crippen molar-refractivity contribution in [3.8, 4) is 11.5 Å². The number of esters is 1. The fourth-order valence-electron chi connectivity index (χ4n) is 1.50. The zero-order valence-electron chi connectivity index (χ0n) is 12.9. The molecule has 0 unspecified atom stereocenters. The van der Waals surface area contributed by atoms with Gasteiger partial charge in [-0.25, -0.2) is 0 Å². The van der Waals surface area contributed by atoms with Crippen molar-refractivity contribution in [2.24, 2.45) is 0 Å². The number of carbonyl (C=O) groups excluding carboxylic acids is 2. The number of rotatable bonds is 6. The van der Waals surface area contributed by atoms with Gasteiger partial charge in [-0.3, -0.25) is 0 Å². The van der Waals surface area contributed by atoms with Crippen LogP contribution >= 0.6 is 0 Å². The minimum absolute atomic E-state index is 0.0921. The fraction of sp³-hybridized carbons (Fsp3) is 0.467. The summed E-state index contributed by atoms with van der Waals surface area (Å²) in [6, 6.07) is 4.97. The Balaban J connectivity index is 2.69. The number of hydrogen-bond acceptors (Lipinski definition) is 5. The monoisotopic (exact) mass is 360 g/mol. The quantitative estimate of drug-likeness (QED) is 0.576. The molecule has 0 radical (unpaired) electrons. The normalized spacial score (nSPS) is 10.9. The molecule has 5 nitrogen and oxygen atoms in total. The number of ether oxygens (including phenoxy) is 3. The van der Waals surface area contributed by atoms with Crippen molar-refractivity contribution in [1.82, 2.24) is 0 Å². The van der Waals surface area contributed by atoms with E-state index in [0.29, 0.717) is 17.1 Å². The van der Waals surface area contributed by atoms with Crippen LogP contribution in [0.15, 0.2) is 18.2 Å². The Bertz CT molecular complexity index is 497. The van der Waals surface area contributed by atoms with Crippen LogP contribution in [0.1, 0.15) is 31.1 Å². The van der Waals surface area contributed by atoms with Gasteiger partial charge in [0.2, 0.25) is 0 Å². The summed E-state index contributed by atoms with van der Waals surface area (Å²) in [5.41, 5.74) is -0.0511. The molecule has 0 saturated carbocycles. The molecule has 1 aromatic carbocycles. The van der Waals surface area contributed by atoms with E-state index >= 15 is 0 Å². The van der Waals surface area contributed by atoms with Gasteiger partial charge >= 0.3 is 131 Å². The number of benzene rings is 1. The van der Waals surface area contributed by atoms with Gasteiger partial charge in [0.15, 0.2) is 0 Å². The Morgan fingerprint density at radius 2 is 1.57 bits per heavy atom. The Labute approximate surface area is 131 Å². The molecule has 1 aromatic rings. The summed E-state index contributed by atoms with van der Waals surface area (Å²) in [6.07, 6.45) is 0. The van der Waals surface area contributed by atoms with E-state index in [1.165, 1.54) is 14.2 Å². The first-order valence-corrected chi connectivity index (χ1v) is 8.44. The average Bonchev–Trinajstić information content (AvgIpc) is 2.42. The Hall–Kier alpha value is -1.52. The molecule has 6 heteroatoms. The van der Waals surface area contributed by atoms with E-state index in [-0.39, 0.29) is 16.0 Å². The number of hydrogen-bond donors (Lipinski definition) is 0. The SMILES string of the molecule is COc1cc(OC)cc(C(=O)[Se]CC(=O)OC(C)(C)C)c1. The van der Waals surface area contributed by atoms with E-state index in [2.05, 4.69) is 0 Å². The van der Waals surface area contributed by atoms with E-state index in [4.69, 9.17) is 14.2 Å². The third-order valence-electron chi connectivity index (χ3n) is 2.33. The molecule has 1 rings (SSSR count). The zero-order valence-corrected chi connectivity index (χ0v) is 14.6. The van der Waals surface area contributed by atoms with E-state index < -0.39 is 20.6 Å². The molecule has 0 atom stereocenters. The molecule has 0 aliphatic carbocycles. The maximum atomic E-state index is 12.2. The van der Waals surface area contributed by atoms with Crippen LogP contribution in [-0.4, -0.2) is 45.4 Å². The summed E-state index contributed by atoms with van der Waals surface area (Å²) in [4.78, 5) is 23.8. The molecular weight excluding hydrogens is 339 g/mol. The van der Waals surface area contributed by atoms with Crippen molar-refractivity contribution in [3.05, 3.63) is 23.8 Å². The first-order chi connectivity index (χ1) is 9.75. The fourth-order valence-corrected chi connectivity index (χ4v) is 2.75. The molecule has 0 aliphatic heterocycles. The molecule has 0 aliphatic rings. The van der Waals surface area contributed by atoms with Gasteiger partial charge in [0.1, 0.15) is 0 Å². The van der Waals surface area contributed by atoms with Gasteiger partial charge in [-0.1, -0.05) is 0 Å². The van der Waals surface area contributed by atoms with Crippen LogP contribution in [-0.2, 0) is 9.53 Å². The molecule has 0 spiro atoms. The van der Waals surface area contributed by atoms with E-state index in [0.717, 1.165) is 0 Å². The molecule has 0 aromatic heterocycles. The van der Waals surface area contributed by atoms with Crippen LogP contribution in [0.3, 0.4) is 0 Å². The molecule has 0 amide bonds. The molecule has 0 heterocycles. The van der Waals surface area contributed by atoms with Gasteiger partial charge < -0.3 is 0 Å². The van der Waals surface area contributed by atoms with Gasteiger partial charge in [0, 0.05) is 0 Å². The van der Waals surface area contributed by atoms with Crippen molar-refractivity contribution in [1.29, 1.82) is 0 Å². The van der Waals surface area contributed by atoms with Crippen molar-refractivity contribution in [2.45, 2.75) is 31.7 Å². The van der Waals surface area contributed by atoms with Crippen LogP contribution in [0, 0.1) is 0 Å². The third-order valence-corrected chi connectivity index (χ3v) is 4.17. The summed E-state index contributed by atoms with van der Waals surface area (Å²) in [5, 5.41) is 0.114. The molecule has 116 valence electrons. The van der Waals surface area contributed by atoms with Crippen LogP contribution in [0.2, 0.25) is 5.32 Å². The summed E-state index contributed by atoms with van der Waals surface area (Å²) < 4.78 is 15.3. The predicted octanol–water partition coefficient (Wildman–Crippen LogP) is 2.31. The van der Waals surface area contributed by atoms with Gasteiger partial charge in [0.25, 0.3) is 0 Å². The zero-order chi connectivity index (χ0) is 16.0. The second-order valence-corrected chi connectivity index (χ2v) is 7.25. The van der Waals surface area contributed by atoms with Crippen molar-refractivity contribution in [3.63, 3.8) is 0 Å². The Morgan fingerprint density at radius 3 is 2.00 bits per heavy atom. The van der Waals surface area contributed by atoms with E-state index in [9.17, 15) is 9.59 Å². The Morgan fingerprint density at radius 1 is 1.05 bits per heavy atom. The van der Waals surface area contributed by atoms with E-state index in [1.807, 2.05) is 0 Å². The Kier molecular flexibility index (Phi) is 6.24. The first kappa shape index (κ1) is 17.5. The summed E-state index contributed by atoms with van der Waals surface area (Å²) >= 11 is -0.514. The summed E-state index contributed by atoms with van der Waals surface area (Å²) in [7, 11) is 3.05. The second-order valence-electron chi connectivity index (χ2n) is 5.26.